The van der Waals surface area contributed by atoms with Crippen LogP contribution in [-0.4, -0.2) is 38.9 Å². The summed E-state index contributed by atoms with van der Waals surface area (Å²) in [5.41, 5.74) is 0.809. The minimum absolute atomic E-state index is 0.0158. The van der Waals surface area contributed by atoms with Crippen molar-refractivity contribution in [3.8, 4) is 0 Å². The van der Waals surface area contributed by atoms with E-state index in [1.807, 2.05) is 6.92 Å². The summed E-state index contributed by atoms with van der Waals surface area (Å²) >= 11 is 6.01. The molecule has 0 radical (unpaired) electrons. The van der Waals surface area contributed by atoms with Crippen LogP contribution in [0.15, 0.2) is 0 Å². The molecule has 100 valence electrons. The van der Waals surface area contributed by atoms with Crippen LogP contribution in [0.2, 0.25) is 5.15 Å². The third kappa shape index (κ3) is 2.74. The van der Waals surface area contributed by atoms with Crippen LogP contribution in [0.4, 0.5) is 5.82 Å². The first-order valence-corrected chi connectivity index (χ1v) is 6.45. The van der Waals surface area contributed by atoms with E-state index < -0.39 is 6.10 Å². The summed E-state index contributed by atoms with van der Waals surface area (Å²) in [7, 11) is 0. The summed E-state index contributed by atoms with van der Waals surface area (Å²) < 4.78 is 0. The molecule has 1 aromatic heterocycles. The molecule has 1 aliphatic rings. The zero-order chi connectivity index (χ0) is 13.3. The van der Waals surface area contributed by atoms with Crippen molar-refractivity contribution in [3.63, 3.8) is 0 Å². The van der Waals surface area contributed by atoms with Gasteiger partial charge in [-0.15, -0.1) is 0 Å². The molecule has 0 bridgehead atoms. The van der Waals surface area contributed by atoms with Gasteiger partial charge in [-0.3, -0.25) is 0 Å². The Morgan fingerprint density at radius 1 is 1.33 bits per heavy atom. The maximum atomic E-state index is 9.76. The zero-order valence-electron chi connectivity index (χ0n) is 10.5. The van der Waals surface area contributed by atoms with Gasteiger partial charge in [0.1, 0.15) is 16.8 Å². The van der Waals surface area contributed by atoms with Crippen LogP contribution in [-0.2, 0) is 0 Å². The number of aliphatic hydroxyl groups excluding tert-OH is 2. The van der Waals surface area contributed by atoms with E-state index in [9.17, 15) is 5.11 Å². The highest BCUT2D eigenvalue weighted by Crippen LogP contribution is 2.29. The number of aryl methyl sites for hydroxylation is 1. The van der Waals surface area contributed by atoms with Crippen LogP contribution in [0.1, 0.15) is 24.2 Å². The zero-order valence-corrected chi connectivity index (χ0v) is 11.3. The molecule has 0 saturated heterocycles. The van der Waals surface area contributed by atoms with Crippen LogP contribution in [0, 0.1) is 19.8 Å². The molecule has 1 fully saturated rings. The molecular formula is C12H18ClN3O2. The second-order valence-corrected chi connectivity index (χ2v) is 5.22. The molecule has 3 atom stereocenters. The Kier molecular flexibility index (Phi) is 4.04. The predicted molar refractivity (Wildman–Crippen MR) is 69.7 cm³/mol. The second kappa shape index (κ2) is 5.38. The maximum Gasteiger partial charge on any atom is 0.137 e. The van der Waals surface area contributed by atoms with Gasteiger partial charge in [0.25, 0.3) is 0 Å². The number of anilines is 1. The first-order chi connectivity index (χ1) is 8.51. The van der Waals surface area contributed by atoms with E-state index >= 15 is 0 Å². The predicted octanol–water partition coefficient (Wildman–Crippen LogP) is 1.29. The number of nitrogens with one attached hydrogen (secondary N) is 1. The summed E-state index contributed by atoms with van der Waals surface area (Å²) in [5, 5.41) is 22.6. The number of aliphatic hydroxyl groups is 2. The third-order valence-corrected chi connectivity index (χ3v) is 3.80. The molecule has 1 saturated carbocycles. The van der Waals surface area contributed by atoms with E-state index in [0.717, 1.165) is 12.0 Å². The van der Waals surface area contributed by atoms with Gasteiger partial charge in [-0.1, -0.05) is 11.6 Å². The van der Waals surface area contributed by atoms with Crippen molar-refractivity contribution >= 4 is 17.4 Å². The Labute approximate surface area is 111 Å². The lowest BCUT2D eigenvalue weighted by molar-refractivity contribution is 0.0908. The van der Waals surface area contributed by atoms with E-state index in [1.165, 1.54) is 0 Å². The quantitative estimate of drug-likeness (QED) is 0.722. The molecule has 0 spiro atoms. The number of nitrogens with zero attached hydrogens (tertiary/aromatic N) is 2. The van der Waals surface area contributed by atoms with E-state index in [0.29, 0.717) is 23.2 Å². The van der Waals surface area contributed by atoms with Gasteiger partial charge < -0.3 is 15.5 Å². The molecule has 6 heteroatoms. The van der Waals surface area contributed by atoms with Crippen LogP contribution >= 0.6 is 11.6 Å². The standard InChI is InChI=1S/C12H18ClN3O2/c1-6-11(13)14-7(2)15-12(6)16-9-3-8(5-17)10(18)4-9/h8-10,17-18H,3-5H2,1-2H3,(H,14,15,16)/t8-,9+,10-/m0/s1. The largest absolute Gasteiger partial charge is 0.396 e. The SMILES string of the molecule is Cc1nc(Cl)c(C)c(N[C@@H]2C[C@@H](CO)[C@@H](O)C2)n1. The summed E-state index contributed by atoms with van der Waals surface area (Å²) in [6, 6.07) is 0.112. The van der Waals surface area contributed by atoms with Gasteiger partial charge in [-0.05, 0) is 26.7 Å². The minimum Gasteiger partial charge on any atom is -0.396 e. The fraction of sp³-hybridized carbons (Fsp3) is 0.667. The fourth-order valence-corrected chi connectivity index (χ4v) is 2.56. The minimum atomic E-state index is -0.453. The van der Waals surface area contributed by atoms with Gasteiger partial charge >= 0.3 is 0 Å². The third-order valence-electron chi connectivity index (χ3n) is 3.43. The number of hydrogen-bond acceptors (Lipinski definition) is 5. The van der Waals surface area contributed by atoms with Crippen LogP contribution in [0.5, 0.6) is 0 Å². The lowest BCUT2D eigenvalue weighted by atomic mass is 10.1. The van der Waals surface area contributed by atoms with Gasteiger partial charge in [0.15, 0.2) is 0 Å². The van der Waals surface area contributed by atoms with Crippen molar-refractivity contribution in [3.05, 3.63) is 16.5 Å². The van der Waals surface area contributed by atoms with Crippen molar-refractivity contribution in [2.75, 3.05) is 11.9 Å². The summed E-state index contributed by atoms with van der Waals surface area (Å²) in [6.07, 6.45) is 0.898. The van der Waals surface area contributed by atoms with Gasteiger partial charge in [0.05, 0.1) is 6.10 Å². The normalized spacial score (nSPS) is 27.5. The van der Waals surface area contributed by atoms with Crippen molar-refractivity contribution in [1.82, 2.24) is 9.97 Å². The number of rotatable bonds is 3. The van der Waals surface area contributed by atoms with Crippen molar-refractivity contribution < 1.29 is 10.2 Å². The molecule has 0 aliphatic heterocycles. The molecule has 3 N–H and O–H groups in total. The molecular weight excluding hydrogens is 254 g/mol. The van der Waals surface area contributed by atoms with Crippen molar-refractivity contribution in [2.45, 2.75) is 38.8 Å². The van der Waals surface area contributed by atoms with E-state index in [2.05, 4.69) is 15.3 Å². The maximum absolute atomic E-state index is 9.76. The molecule has 1 heterocycles. The number of hydrogen-bond donors (Lipinski definition) is 3. The van der Waals surface area contributed by atoms with E-state index in [1.54, 1.807) is 6.92 Å². The average molecular weight is 272 g/mol. The molecule has 2 rings (SSSR count). The van der Waals surface area contributed by atoms with Crippen molar-refractivity contribution in [2.24, 2.45) is 5.92 Å². The Bertz CT molecular complexity index is 442. The Morgan fingerprint density at radius 2 is 2.06 bits per heavy atom. The molecule has 0 aromatic carbocycles. The fourth-order valence-electron chi connectivity index (χ4n) is 2.34. The van der Waals surface area contributed by atoms with Crippen LogP contribution in [0.25, 0.3) is 0 Å². The smallest absolute Gasteiger partial charge is 0.137 e. The summed E-state index contributed by atoms with van der Waals surface area (Å²) in [6.45, 7) is 3.66. The Morgan fingerprint density at radius 3 is 2.67 bits per heavy atom. The highest BCUT2D eigenvalue weighted by atomic mass is 35.5. The molecule has 1 aromatic rings. The number of halogens is 1. The second-order valence-electron chi connectivity index (χ2n) is 4.86. The lowest BCUT2D eigenvalue weighted by Gasteiger charge is -2.15. The first kappa shape index (κ1) is 13.5. The Balaban J connectivity index is 2.11. The summed E-state index contributed by atoms with van der Waals surface area (Å²) in [5.74, 6) is 1.27. The highest BCUT2D eigenvalue weighted by molar-refractivity contribution is 6.30. The van der Waals surface area contributed by atoms with E-state index in [4.69, 9.17) is 16.7 Å². The Hall–Kier alpha value is -0.910. The lowest BCUT2D eigenvalue weighted by Crippen LogP contribution is -2.18. The average Bonchev–Trinajstić information content (AvgIpc) is 2.65. The highest BCUT2D eigenvalue weighted by Gasteiger charge is 2.32. The van der Waals surface area contributed by atoms with Gasteiger partial charge in [-0.2, -0.15) is 0 Å². The van der Waals surface area contributed by atoms with Crippen molar-refractivity contribution in [1.29, 1.82) is 0 Å². The number of aromatic nitrogens is 2. The molecule has 18 heavy (non-hydrogen) atoms. The van der Waals surface area contributed by atoms with Gasteiger partial charge in [-0.25, -0.2) is 9.97 Å². The first-order valence-electron chi connectivity index (χ1n) is 6.07. The van der Waals surface area contributed by atoms with Crippen LogP contribution < -0.4 is 5.32 Å². The molecule has 1 aliphatic carbocycles. The van der Waals surface area contributed by atoms with Gasteiger partial charge in [0.2, 0.25) is 0 Å². The molecule has 0 unspecified atom stereocenters. The molecule has 5 nitrogen and oxygen atoms in total. The monoisotopic (exact) mass is 271 g/mol. The van der Waals surface area contributed by atoms with Gasteiger partial charge in [0, 0.05) is 24.1 Å². The van der Waals surface area contributed by atoms with E-state index in [-0.39, 0.29) is 18.6 Å². The topological polar surface area (TPSA) is 78.3 Å². The van der Waals surface area contributed by atoms with Crippen LogP contribution in [0.3, 0.4) is 0 Å². The summed E-state index contributed by atoms with van der Waals surface area (Å²) in [4.78, 5) is 8.40. The molecule has 0 amide bonds.